The van der Waals surface area contributed by atoms with Gasteiger partial charge in [-0.1, -0.05) is 5.16 Å². The molecule has 0 aliphatic heterocycles. The second-order valence-corrected chi connectivity index (χ2v) is 4.86. The molecule has 1 N–H and O–H groups in total. The van der Waals surface area contributed by atoms with Gasteiger partial charge in [-0.2, -0.15) is 0 Å². The van der Waals surface area contributed by atoms with Crippen molar-refractivity contribution in [1.29, 1.82) is 0 Å². The van der Waals surface area contributed by atoms with Crippen LogP contribution in [0.2, 0.25) is 0 Å². The van der Waals surface area contributed by atoms with Crippen LogP contribution in [0.3, 0.4) is 0 Å². The van der Waals surface area contributed by atoms with Crippen LogP contribution in [0.25, 0.3) is 0 Å². The van der Waals surface area contributed by atoms with Gasteiger partial charge in [-0.15, -0.1) is 0 Å². The highest BCUT2D eigenvalue weighted by Gasteiger charge is 2.29. The van der Waals surface area contributed by atoms with Crippen LogP contribution in [0.5, 0.6) is 0 Å². The van der Waals surface area contributed by atoms with Gasteiger partial charge in [-0.05, 0) is 37.5 Å². The van der Waals surface area contributed by atoms with E-state index in [0.717, 1.165) is 24.2 Å². The molecule has 2 aromatic heterocycles. The van der Waals surface area contributed by atoms with E-state index in [9.17, 15) is 4.79 Å². The third kappa shape index (κ3) is 2.65. The van der Waals surface area contributed by atoms with Gasteiger partial charge >= 0.3 is 0 Å². The predicted molar refractivity (Wildman–Crippen MR) is 68.6 cm³/mol. The molecule has 1 unspecified atom stereocenters. The Morgan fingerprint density at radius 2 is 2.16 bits per heavy atom. The maximum atomic E-state index is 12.0. The lowest BCUT2D eigenvalue weighted by Gasteiger charge is -2.12. The largest absolute Gasteiger partial charge is 0.360 e. The summed E-state index contributed by atoms with van der Waals surface area (Å²) in [6.07, 6.45) is 5.67. The Balaban J connectivity index is 1.66. The van der Waals surface area contributed by atoms with Crippen LogP contribution in [0.15, 0.2) is 35.1 Å². The Hall–Kier alpha value is -2.17. The topological polar surface area (TPSA) is 68.0 Å². The quantitative estimate of drug-likeness (QED) is 0.913. The van der Waals surface area contributed by atoms with Gasteiger partial charge in [0, 0.05) is 24.4 Å². The minimum absolute atomic E-state index is 0.0865. The minimum atomic E-state index is -0.208. The molecule has 1 fully saturated rings. The van der Waals surface area contributed by atoms with Crippen molar-refractivity contribution in [2.75, 3.05) is 0 Å². The fourth-order valence-electron chi connectivity index (χ4n) is 1.96. The highest BCUT2D eigenvalue weighted by atomic mass is 16.5. The molecule has 1 aliphatic rings. The van der Waals surface area contributed by atoms with E-state index < -0.39 is 0 Å². The lowest BCUT2D eigenvalue weighted by Crippen LogP contribution is -2.26. The molecule has 2 aromatic rings. The van der Waals surface area contributed by atoms with Crippen LogP contribution in [-0.2, 0) is 0 Å². The first-order valence-electron chi connectivity index (χ1n) is 6.41. The Morgan fingerprint density at radius 3 is 2.84 bits per heavy atom. The van der Waals surface area contributed by atoms with E-state index in [4.69, 9.17) is 4.52 Å². The molecule has 19 heavy (non-hydrogen) atoms. The highest BCUT2D eigenvalue weighted by molar-refractivity contribution is 5.92. The first-order valence-corrected chi connectivity index (χ1v) is 6.41. The molecule has 2 heterocycles. The zero-order chi connectivity index (χ0) is 13.2. The molecule has 0 radical (unpaired) electrons. The summed E-state index contributed by atoms with van der Waals surface area (Å²) in [5, 5.41) is 6.72. The van der Waals surface area contributed by atoms with Gasteiger partial charge in [0.05, 0.1) is 6.04 Å². The highest BCUT2D eigenvalue weighted by Crippen LogP contribution is 2.40. The molecular formula is C14H15N3O2. The average molecular weight is 257 g/mol. The van der Waals surface area contributed by atoms with E-state index in [1.165, 1.54) is 0 Å². The molecule has 1 aliphatic carbocycles. The number of hydrogen-bond donors (Lipinski definition) is 1. The summed E-state index contributed by atoms with van der Waals surface area (Å²) in [6, 6.07) is 5.41. The predicted octanol–water partition coefficient (Wildman–Crippen LogP) is 2.44. The molecule has 1 amide bonds. The normalized spacial score (nSPS) is 16.1. The fraction of sp³-hybridized carbons (Fsp3) is 0.357. The molecule has 1 saturated carbocycles. The number of amides is 1. The van der Waals surface area contributed by atoms with Crippen LogP contribution < -0.4 is 5.32 Å². The van der Waals surface area contributed by atoms with E-state index in [2.05, 4.69) is 15.5 Å². The summed E-state index contributed by atoms with van der Waals surface area (Å²) in [5.74, 6) is 1.08. The first kappa shape index (κ1) is 11.9. The third-order valence-corrected chi connectivity index (χ3v) is 3.29. The van der Waals surface area contributed by atoms with Crippen LogP contribution in [-0.4, -0.2) is 16.0 Å². The van der Waals surface area contributed by atoms with Crippen molar-refractivity contribution in [1.82, 2.24) is 15.5 Å². The van der Waals surface area contributed by atoms with Gasteiger partial charge < -0.3 is 9.84 Å². The van der Waals surface area contributed by atoms with Crippen LogP contribution in [0, 0.1) is 0 Å². The maximum Gasteiger partial charge on any atom is 0.273 e. The molecule has 0 bridgehead atoms. The van der Waals surface area contributed by atoms with Crippen molar-refractivity contribution < 1.29 is 9.32 Å². The van der Waals surface area contributed by atoms with Gasteiger partial charge in [0.1, 0.15) is 5.76 Å². The summed E-state index contributed by atoms with van der Waals surface area (Å²) >= 11 is 0. The van der Waals surface area contributed by atoms with Crippen molar-refractivity contribution in [3.63, 3.8) is 0 Å². The number of aromatic nitrogens is 2. The van der Waals surface area contributed by atoms with Gasteiger partial charge in [0.15, 0.2) is 5.69 Å². The SMILES string of the molecule is CC(NC(=O)c1cc(C2CC2)on1)c1ccncc1. The summed E-state index contributed by atoms with van der Waals surface area (Å²) in [5.41, 5.74) is 1.36. The molecule has 0 aromatic carbocycles. The van der Waals surface area contributed by atoms with E-state index in [1.807, 2.05) is 19.1 Å². The maximum absolute atomic E-state index is 12.0. The summed E-state index contributed by atoms with van der Waals surface area (Å²) in [7, 11) is 0. The number of pyridine rings is 1. The molecule has 5 nitrogen and oxygen atoms in total. The molecule has 98 valence electrons. The Bertz CT molecular complexity index is 575. The fourth-order valence-corrected chi connectivity index (χ4v) is 1.96. The van der Waals surface area contributed by atoms with Gasteiger partial charge in [0.25, 0.3) is 5.91 Å². The number of hydrogen-bond acceptors (Lipinski definition) is 4. The Labute approximate surface area is 111 Å². The van der Waals surface area contributed by atoms with Crippen molar-refractivity contribution in [2.45, 2.75) is 31.7 Å². The summed E-state index contributed by atoms with van der Waals surface area (Å²) < 4.78 is 5.18. The number of nitrogens with zero attached hydrogens (tertiary/aromatic N) is 2. The minimum Gasteiger partial charge on any atom is -0.360 e. The number of rotatable bonds is 4. The summed E-state index contributed by atoms with van der Waals surface area (Å²) in [6.45, 7) is 1.93. The number of carbonyl (C=O) groups excluding carboxylic acids is 1. The smallest absolute Gasteiger partial charge is 0.273 e. The molecule has 1 atom stereocenters. The van der Waals surface area contributed by atoms with E-state index in [1.54, 1.807) is 18.5 Å². The standard InChI is InChI=1S/C14H15N3O2/c1-9(10-4-6-15-7-5-10)16-14(18)12-8-13(19-17-12)11-2-3-11/h4-9,11H,2-3H2,1H3,(H,16,18). The Morgan fingerprint density at radius 1 is 1.42 bits per heavy atom. The first-order chi connectivity index (χ1) is 9.24. The number of nitrogens with one attached hydrogen (secondary N) is 1. The lowest BCUT2D eigenvalue weighted by molar-refractivity contribution is 0.0930. The summed E-state index contributed by atoms with van der Waals surface area (Å²) in [4.78, 5) is 16.0. The number of carbonyl (C=O) groups is 1. The second kappa shape index (κ2) is 4.84. The molecule has 3 rings (SSSR count). The van der Waals surface area contributed by atoms with Crippen LogP contribution in [0.1, 0.15) is 53.5 Å². The third-order valence-electron chi connectivity index (χ3n) is 3.29. The van der Waals surface area contributed by atoms with Crippen molar-refractivity contribution in [2.24, 2.45) is 0 Å². The Kier molecular flexibility index (Phi) is 3.03. The molecule has 5 heteroatoms. The molecule has 0 spiro atoms. The second-order valence-electron chi connectivity index (χ2n) is 4.86. The lowest BCUT2D eigenvalue weighted by atomic mass is 10.1. The average Bonchev–Trinajstić information content (AvgIpc) is 3.17. The van der Waals surface area contributed by atoms with Crippen molar-refractivity contribution >= 4 is 5.91 Å². The monoisotopic (exact) mass is 257 g/mol. The van der Waals surface area contributed by atoms with E-state index in [-0.39, 0.29) is 11.9 Å². The van der Waals surface area contributed by atoms with Crippen LogP contribution in [0.4, 0.5) is 0 Å². The van der Waals surface area contributed by atoms with E-state index in [0.29, 0.717) is 11.6 Å². The van der Waals surface area contributed by atoms with Gasteiger partial charge in [0.2, 0.25) is 0 Å². The van der Waals surface area contributed by atoms with Gasteiger partial charge in [-0.25, -0.2) is 0 Å². The zero-order valence-corrected chi connectivity index (χ0v) is 10.7. The molecular weight excluding hydrogens is 242 g/mol. The molecule has 0 saturated heterocycles. The van der Waals surface area contributed by atoms with Gasteiger partial charge in [-0.3, -0.25) is 9.78 Å². The van der Waals surface area contributed by atoms with E-state index >= 15 is 0 Å². The van der Waals surface area contributed by atoms with Crippen molar-refractivity contribution in [3.05, 3.63) is 47.6 Å². The van der Waals surface area contributed by atoms with Crippen molar-refractivity contribution in [3.8, 4) is 0 Å². The van der Waals surface area contributed by atoms with Crippen LogP contribution >= 0.6 is 0 Å². The zero-order valence-electron chi connectivity index (χ0n) is 10.7.